The molecule has 0 bridgehead atoms. The summed E-state index contributed by atoms with van der Waals surface area (Å²) in [4.78, 5) is 39.0. The Bertz CT molecular complexity index is 1200. The third-order valence-electron chi connectivity index (χ3n) is 4.67. The standard InChI is InChI=1S/C23H18ClN3O4/c1-2-31-19-7-3-5-18(13-19)27-22(29)20(21(28)25-23(27)30)14-17-6-4-12-26(17)16-10-8-15(24)9-11-16/h3-14H,2H2,1H3,(H,25,28,30)/b20-14+. The smallest absolute Gasteiger partial charge is 0.335 e. The fraction of sp³-hybridized carbons (Fsp3) is 0.0870. The molecule has 4 rings (SSSR count). The third kappa shape index (κ3) is 4.08. The number of carbonyl (C=O) groups excluding carboxylic acids is 3. The number of hydrogen-bond acceptors (Lipinski definition) is 4. The number of barbiturate groups is 1. The minimum Gasteiger partial charge on any atom is -0.494 e. The van der Waals surface area contributed by atoms with Crippen LogP contribution in [-0.2, 0) is 9.59 Å². The summed E-state index contributed by atoms with van der Waals surface area (Å²) in [6, 6.07) is 16.5. The van der Waals surface area contributed by atoms with Gasteiger partial charge in [-0.3, -0.25) is 14.9 Å². The summed E-state index contributed by atoms with van der Waals surface area (Å²) in [5.41, 5.74) is 1.55. The van der Waals surface area contributed by atoms with Crippen LogP contribution in [0.3, 0.4) is 0 Å². The Morgan fingerprint density at radius 3 is 2.52 bits per heavy atom. The molecule has 1 aromatic heterocycles. The Hall–Kier alpha value is -3.84. The van der Waals surface area contributed by atoms with Crippen molar-refractivity contribution in [2.75, 3.05) is 11.5 Å². The van der Waals surface area contributed by atoms with E-state index in [9.17, 15) is 14.4 Å². The number of benzene rings is 2. The van der Waals surface area contributed by atoms with Crippen molar-refractivity contribution >= 4 is 41.2 Å². The van der Waals surface area contributed by atoms with Crippen LogP contribution in [0, 0.1) is 0 Å². The van der Waals surface area contributed by atoms with E-state index in [1.807, 2.05) is 19.1 Å². The van der Waals surface area contributed by atoms with Crippen LogP contribution in [0.2, 0.25) is 5.02 Å². The van der Waals surface area contributed by atoms with Crippen molar-refractivity contribution in [2.24, 2.45) is 0 Å². The van der Waals surface area contributed by atoms with Gasteiger partial charge in [0, 0.05) is 28.7 Å². The minimum absolute atomic E-state index is 0.157. The second-order valence-corrected chi connectivity index (χ2v) is 7.10. The van der Waals surface area contributed by atoms with Crippen LogP contribution < -0.4 is 15.0 Å². The molecule has 2 aromatic carbocycles. The molecule has 31 heavy (non-hydrogen) atoms. The number of hydrogen-bond donors (Lipinski definition) is 1. The Labute approximate surface area is 183 Å². The molecule has 1 aliphatic rings. The van der Waals surface area contributed by atoms with E-state index >= 15 is 0 Å². The van der Waals surface area contributed by atoms with Gasteiger partial charge in [-0.25, -0.2) is 9.69 Å². The van der Waals surface area contributed by atoms with Gasteiger partial charge < -0.3 is 9.30 Å². The summed E-state index contributed by atoms with van der Waals surface area (Å²) in [6.07, 6.45) is 3.26. The zero-order valence-corrected chi connectivity index (χ0v) is 17.3. The second-order valence-electron chi connectivity index (χ2n) is 6.67. The number of aromatic nitrogens is 1. The van der Waals surface area contributed by atoms with Crippen molar-refractivity contribution < 1.29 is 19.1 Å². The highest BCUT2D eigenvalue weighted by Crippen LogP contribution is 2.26. The molecule has 156 valence electrons. The highest BCUT2D eigenvalue weighted by atomic mass is 35.5. The zero-order valence-electron chi connectivity index (χ0n) is 16.5. The lowest BCUT2D eigenvalue weighted by Crippen LogP contribution is -2.54. The number of anilines is 1. The van der Waals surface area contributed by atoms with Gasteiger partial charge in [0.15, 0.2) is 0 Å². The number of rotatable bonds is 5. The number of carbonyl (C=O) groups is 3. The number of amides is 4. The van der Waals surface area contributed by atoms with Crippen LogP contribution in [0.1, 0.15) is 12.6 Å². The quantitative estimate of drug-likeness (QED) is 0.481. The van der Waals surface area contributed by atoms with Crippen LogP contribution in [-0.4, -0.2) is 29.0 Å². The van der Waals surface area contributed by atoms with E-state index in [4.69, 9.17) is 16.3 Å². The molecule has 0 unspecified atom stereocenters. The first kappa shape index (κ1) is 20.4. The molecule has 0 spiro atoms. The lowest BCUT2D eigenvalue weighted by molar-refractivity contribution is -0.122. The van der Waals surface area contributed by atoms with Crippen molar-refractivity contribution in [3.8, 4) is 11.4 Å². The molecule has 1 N–H and O–H groups in total. The van der Waals surface area contributed by atoms with Crippen molar-refractivity contribution in [1.29, 1.82) is 0 Å². The van der Waals surface area contributed by atoms with Crippen LogP contribution in [0.4, 0.5) is 10.5 Å². The number of ether oxygens (including phenoxy) is 1. The fourth-order valence-corrected chi connectivity index (χ4v) is 3.39. The normalized spacial score (nSPS) is 15.4. The molecular weight excluding hydrogens is 418 g/mol. The lowest BCUT2D eigenvalue weighted by atomic mass is 10.1. The lowest BCUT2D eigenvalue weighted by Gasteiger charge is -2.26. The Balaban J connectivity index is 1.72. The SMILES string of the molecule is CCOc1cccc(N2C(=O)NC(=O)/C(=C\c3cccn3-c3ccc(Cl)cc3)C2=O)c1. The summed E-state index contributed by atoms with van der Waals surface area (Å²) < 4.78 is 7.26. The third-order valence-corrected chi connectivity index (χ3v) is 4.92. The van der Waals surface area contributed by atoms with Gasteiger partial charge in [-0.1, -0.05) is 17.7 Å². The highest BCUT2D eigenvalue weighted by Gasteiger charge is 2.37. The number of nitrogens with zero attached hydrogens (tertiary/aromatic N) is 2. The monoisotopic (exact) mass is 435 g/mol. The number of imide groups is 2. The molecule has 2 heterocycles. The molecule has 0 aliphatic carbocycles. The van der Waals surface area contributed by atoms with Crippen LogP contribution in [0.5, 0.6) is 5.75 Å². The van der Waals surface area contributed by atoms with Gasteiger partial charge in [0.05, 0.1) is 12.3 Å². The van der Waals surface area contributed by atoms with Gasteiger partial charge in [-0.05, 0) is 61.5 Å². The van der Waals surface area contributed by atoms with Gasteiger partial charge in [0.2, 0.25) is 0 Å². The van der Waals surface area contributed by atoms with E-state index < -0.39 is 17.8 Å². The molecule has 1 saturated heterocycles. The molecule has 1 fully saturated rings. The van der Waals surface area contributed by atoms with E-state index in [1.165, 1.54) is 6.08 Å². The van der Waals surface area contributed by atoms with E-state index in [2.05, 4.69) is 5.32 Å². The topological polar surface area (TPSA) is 80.6 Å². The van der Waals surface area contributed by atoms with Crippen LogP contribution >= 0.6 is 11.6 Å². The van der Waals surface area contributed by atoms with Crippen molar-refractivity contribution in [1.82, 2.24) is 9.88 Å². The maximum atomic E-state index is 13.1. The van der Waals surface area contributed by atoms with E-state index in [1.54, 1.807) is 59.3 Å². The zero-order chi connectivity index (χ0) is 22.0. The van der Waals surface area contributed by atoms with E-state index in [-0.39, 0.29) is 5.57 Å². The molecule has 8 heteroatoms. The Kier molecular flexibility index (Phi) is 5.60. The molecular formula is C23H18ClN3O4. The van der Waals surface area contributed by atoms with Crippen LogP contribution in [0.25, 0.3) is 11.8 Å². The maximum Gasteiger partial charge on any atom is 0.335 e. The second kappa shape index (κ2) is 8.49. The molecule has 1 aliphatic heterocycles. The molecule has 0 atom stereocenters. The Morgan fingerprint density at radius 2 is 1.77 bits per heavy atom. The Morgan fingerprint density at radius 1 is 1.00 bits per heavy atom. The maximum absolute atomic E-state index is 13.1. The van der Waals surface area contributed by atoms with Gasteiger partial charge in [-0.15, -0.1) is 0 Å². The van der Waals surface area contributed by atoms with Gasteiger partial charge in [0.25, 0.3) is 11.8 Å². The first-order valence-electron chi connectivity index (χ1n) is 9.55. The number of halogens is 1. The summed E-state index contributed by atoms with van der Waals surface area (Å²) in [5.74, 6) is -0.957. The summed E-state index contributed by atoms with van der Waals surface area (Å²) in [7, 11) is 0. The average Bonchev–Trinajstić information content (AvgIpc) is 3.20. The highest BCUT2D eigenvalue weighted by molar-refractivity contribution is 6.39. The molecule has 4 amide bonds. The van der Waals surface area contributed by atoms with Gasteiger partial charge >= 0.3 is 6.03 Å². The first-order chi connectivity index (χ1) is 15.0. The molecule has 0 saturated carbocycles. The first-order valence-corrected chi connectivity index (χ1v) is 9.93. The minimum atomic E-state index is -0.811. The van der Waals surface area contributed by atoms with Crippen LogP contribution in [0.15, 0.2) is 72.4 Å². The van der Waals surface area contributed by atoms with E-state index in [0.717, 1.165) is 10.6 Å². The number of urea groups is 1. The molecule has 7 nitrogen and oxygen atoms in total. The fourth-order valence-electron chi connectivity index (χ4n) is 3.27. The van der Waals surface area contributed by atoms with Crippen molar-refractivity contribution in [2.45, 2.75) is 6.92 Å². The predicted octanol–water partition coefficient (Wildman–Crippen LogP) is 4.20. The van der Waals surface area contributed by atoms with Crippen molar-refractivity contribution in [3.63, 3.8) is 0 Å². The molecule has 0 radical (unpaired) electrons. The summed E-state index contributed by atoms with van der Waals surface area (Å²) in [6.45, 7) is 2.27. The van der Waals surface area contributed by atoms with E-state index in [0.29, 0.717) is 28.8 Å². The molecule has 3 aromatic rings. The largest absolute Gasteiger partial charge is 0.494 e. The van der Waals surface area contributed by atoms with Crippen molar-refractivity contribution in [3.05, 3.63) is 83.2 Å². The van der Waals surface area contributed by atoms with Gasteiger partial charge in [-0.2, -0.15) is 0 Å². The summed E-state index contributed by atoms with van der Waals surface area (Å²) in [5, 5.41) is 2.83. The number of nitrogens with one attached hydrogen (secondary N) is 1. The van der Waals surface area contributed by atoms with Gasteiger partial charge in [0.1, 0.15) is 11.3 Å². The summed E-state index contributed by atoms with van der Waals surface area (Å²) >= 11 is 5.96. The predicted molar refractivity (Wildman–Crippen MR) is 117 cm³/mol. The average molecular weight is 436 g/mol.